The lowest BCUT2D eigenvalue weighted by Gasteiger charge is -2.39. The first-order chi connectivity index (χ1) is 15.0. The smallest absolute Gasteiger partial charge is 0.266 e. The zero-order valence-corrected chi connectivity index (χ0v) is 19.1. The predicted octanol–water partition coefficient (Wildman–Crippen LogP) is 4.72. The summed E-state index contributed by atoms with van der Waals surface area (Å²) in [4.78, 5) is 15.9. The number of hydrogen-bond donors (Lipinski definition) is 1. The molecule has 4 nitrogen and oxygen atoms in total. The number of nitrogens with zero attached hydrogens (tertiary/aromatic N) is 2. The first-order valence-electron chi connectivity index (χ1n) is 10.5. The fourth-order valence-electron chi connectivity index (χ4n) is 4.11. The Morgan fingerprint density at radius 2 is 1.65 bits per heavy atom. The van der Waals surface area contributed by atoms with Crippen LogP contribution >= 0.6 is 23.8 Å². The summed E-state index contributed by atoms with van der Waals surface area (Å²) in [5.41, 5.74) is 7.21. The van der Waals surface area contributed by atoms with Gasteiger partial charge in [-0.25, -0.2) is 5.01 Å². The molecule has 1 fully saturated rings. The SMILES string of the molecule is CC1=CCC(=S)C(C(=O)NN2CCN(C(c3ccccc3)c3ccc(Cl)cc3)CC2)=C1. The van der Waals surface area contributed by atoms with E-state index >= 15 is 0 Å². The Kier molecular flexibility index (Phi) is 6.98. The fourth-order valence-corrected chi connectivity index (χ4v) is 4.47. The predicted molar refractivity (Wildman–Crippen MR) is 130 cm³/mol. The minimum atomic E-state index is -0.108. The number of carbonyl (C=O) groups excluding carboxylic acids is 1. The standard InChI is InChI=1S/C25H26ClN3OS/c1-18-7-12-23(31)22(17-18)25(30)27-29-15-13-28(14-16-29)24(19-5-3-2-4-6-19)20-8-10-21(26)11-9-20/h2-11,17,24H,12-16H2,1H3,(H,27,30). The van der Waals surface area contributed by atoms with Crippen LogP contribution in [0.3, 0.4) is 0 Å². The van der Waals surface area contributed by atoms with Crippen molar-refractivity contribution < 1.29 is 4.79 Å². The van der Waals surface area contributed by atoms with Gasteiger partial charge in [-0.15, -0.1) is 0 Å². The number of hydrogen-bond acceptors (Lipinski definition) is 4. The molecule has 4 rings (SSSR count). The Labute approximate surface area is 194 Å². The lowest BCUT2D eigenvalue weighted by atomic mass is 9.96. The molecule has 1 saturated heterocycles. The Morgan fingerprint density at radius 1 is 1.00 bits per heavy atom. The van der Waals surface area contributed by atoms with Crippen LogP contribution in [0.15, 0.2) is 77.9 Å². The molecule has 1 aliphatic carbocycles. The number of piperazine rings is 1. The molecule has 1 heterocycles. The van der Waals surface area contributed by atoms with E-state index < -0.39 is 0 Å². The highest BCUT2D eigenvalue weighted by Gasteiger charge is 2.28. The molecule has 1 amide bonds. The molecule has 1 unspecified atom stereocenters. The molecule has 0 spiro atoms. The van der Waals surface area contributed by atoms with Gasteiger partial charge in [0.1, 0.15) is 0 Å². The summed E-state index contributed by atoms with van der Waals surface area (Å²) in [6.07, 6.45) is 4.59. The summed E-state index contributed by atoms with van der Waals surface area (Å²) in [5.74, 6) is -0.108. The largest absolute Gasteiger partial charge is 0.290 e. The van der Waals surface area contributed by atoms with Crippen LogP contribution in [0, 0.1) is 0 Å². The van der Waals surface area contributed by atoms with E-state index in [1.54, 1.807) is 0 Å². The van der Waals surface area contributed by atoms with Crippen LogP contribution in [-0.2, 0) is 4.79 Å². The second-order valence-electron chi connectivity index (χ2n) is 7.96. The average Bonchev–Trinajstić information content (AvgIpc) is 2.79. The minimum absolute atomic E-state index is 0.108. The topological polar surface area (TPSA) is 35.6 Å². The normalized spacial score (nSPS) is 18.8. The van der Waals surface area contributed by atoms with Crippen molar-refractivity contribution in [2.45, 2.75) is 19.4 Å². The summed E-state index contributed by atoms with van der Waals surface area (Å²) in [6.45, 7) is 5.17. The van der Waals surface area contributed by atoms with E-state index in [9.17, 15) is 4.79 Å². The van der Waals surface area contributed by atoms with Crippen molar-refractivity contribution >= 4 is 34.6 Å². The van der Waals surface area contributed by atoms with Crippen molar-refractivity contribution in [3.05, 3.63) is 94.0 Å². The molecule has 1 N–H and O–H groups in total. The van der Waals surface area contributed by atoms with Gasteiger partial charge >= 0.3 is 0 Å². The summed E-state index contributed by atoms with van der Waals surface area (Å²) in [6, 6.07) is 18.8. The summed E-state index contributed by atoms with van der Waals surface area (Å²) < 4.78 is 0. The molecule has 1 atom stereocenters. The second kappa shape index (κ2) is 9.88. The number of allylic oxidation sites excluding steroid dienone is 3. The number of nitrogens with one attached hydrogen (secondary N) is 1. The van der Waals surface area contributed by atoms with Crippen molar-refractivity contribution in [1.29, 1.82) is 0 Å². The van der Waals surface area contributed by atoms with Gasteiger partial charge < -0.3 is 0 Å². The Morgan fingerprint density at radius 3 is 2.32 bits per heavy atom. The van der Waals surface area contributed by atoms with Crippen LogP contribution in [-0.4, -0.2) is 46.9 Å². The zero-order chi connectivity index (χ0) is 21.8. The van der Waals surface area contributed by atoms with Crippen LogP contribution in [0.1, 0.15) is 30.5 Å². The Bertz CT molecular complexity index is 1010. The number of thiocarbonyl (C=S) groups is 1. The molecule has 31 heavy (non-hydrogen) atoms. The summed E-state index contributed by atoms with van der Waals surface area (Å²) in [5, 5.41) is 2.74. The highest BCUT2D eigenvalue weighted by molar-refractivity contribution is 7.81. The third-order valence-electron chi connectivity index (χ3n) is 5.77. The van der Waals surface area contributed by atoms with Gasteiger partial charge in [0, 0.05) is 42.5 Å². The van der Waals surface area contributed by atoms with E-state index in [4.69, 9.17) is 23.8 Å². The number of hydrazine groups is 1. The van der Waals surface area contributed by atoms with Gasteiger partial charge in [0.05, 0.1) is 11.6 Å². The van der Waals surface area contributed by atoms with Gasteiger partial charge in [-0.3, -0.25) is 15.1 Å². The highest BCUT2D eigenvalue weighted by atomic mass is 35.5. The average molecular weight is 452 g/mol. The molecule has 2 aliphatic rings. The van der Waals surface area contributed by atoms with Gasteiger partial charge in [-0.05, 0) is 36.3 Å². The van der Waals surface area contributed by atoms with E-state index in [2.05, 4.69) is 52.8 Å². The Hall–Kier alpha value is -2.31. The zero-order valence-electron chi connectivity index (χ0n) is 17.6. The molecule has 0 aromatic heterocycles. The lowest BCUT2D eigenvalue weighted by Crippen LogP contribution is -2.54. The molecule has 0 saturated carbocycles. The van der Waals surface area contributed by atoms with Crippen molar-refractivity contribution in [2.75, 3.05) is 26.2 Å². The quantitative estimate of drug-likeness (QED) is 0.667. The molecule has 2 aromatic carbocycles. The number of rotatable bonds is 5. The number of carbonyl (C=O) groups is 1. The van der Waals surface area contributed by atoms with Crippen molar-refractivity contribution in [3.8, 4) is 0 Å². The van der Waals surface area contributed by atoms with E-state index in [-0.39, 0.29) is 11.9 Å². The molecule has 0 radical (unpaired) electrons. The minimum Gasteiger partial charge on any atom is -0.290 e. The number of amides is 1. The molecular weight excluding hydrogens is 426 g/mol. The van der Waals surface area contributed by atoms with Crippen LogP contribution in [0.4, 0.5) is 0 Å². The van der Waals surface area contributed by atoms with Gasteiger partial charge in [0.15, 0.2) is 0 Å². The molecule has 0 bridgehead atoms. The lowest BCUT2D eigenvalue weighted by molar-refractivity contribution is -0.122. The van der Waals surface area contributed by atoms with Crippen LogP contribution < -0.4 is 5.43 Å². The summed E-state index contributed by atoms with van der Waals surface area (Å²) >= 11 is 11.5. The van der Waals surface area contributed by atoms with Crippen molar-refractivity contribution in [3.63, 3.8) is 0 Å². The molecular formula is C25H26ClN3OS. The molecule has 6 heteroatoms. The monoisotopic (exact) mass is 451 g/mol. The molecule has 160 valence electrons. The van der Waals surface area contributed by atoms with Crippen LogP contribution in [0.2, 0.25) is 5.02 Å². The maximum absolute atomic E-state index is 12.8. The number of halogens is 1. The third-order valence-corrected chi connectivity index (χ3v) is 6.41. The van der Waals surface area contributed by atoms with Crippen LogP contribution in [0.5, 0.6) is 0 Å². The van der Waals surface area contributed by atoms with Gasteiger partial charge in [0.25, 0.3) is 5.91 Å². The second-order valence-corrected chi connectivity index (χ2v) is 8.89. The maximum Gasteiger partial charge on any atom is 0.266 e. The first-order valence-corrected chi connectivity index (χ1v) is 11.3. The third kappa shape index (κ3) is 5.31. The van der Waals surface area contributed by atoms with Crippen LogP contribution in [0.25, 0.3) is 0 Å². The Balaban J connectivity index is 1.44. The molecule has 1 aliphatic heterocycles. The van der Waals surface area contributed by atoms with E-state index in [0.29, 0.717) is 16.9 Å². The van der Waals surface area contributed by atoms with Crippen molar-refractivity contribution in [2.24, 2.45) is 0 Å². The maximum atomic E-state index is 12.8. The fraction of sp³-hybridized carbons (Fsp3) is 0.280. The summed E-state index contributed by atoms with van der Waals surface area (Å²) in [7, 11) is 0. The van der Waals surface area contributed by atoms with E-state index in [1.165, 1.54) is 11.1 Å². The molecule has 2 aromatic rings. The van der Waals surface area contributed by atoms with Crippen molar-refractivity contribution in [1.82, 2.24) is 15.3 Å². The first kappa shape index (κ1) is 21.9. The number of benzene rings is 2. The van der Waals surface area contributed by atoms with E-state index in [1.807, 2.05) is 36.2 Å². The van der Waals surface area contributed by atoms with Gasteiger partial charge in [-0.1, -0.05) is 77.9 Å². The van der Waals surface area contributed by atoms with Gasteiger partial charge in [-0.2, -0.15) is 0 Å². The highest BCUT2D eigenvalue weighted by Crippen LogP contribution is 2.30. The van der Waals surface area contributed by atoms with Gasteiger partial charge in [0.2, 0.25) is 0 Å². The van der Waals surface area contributed by atoms with E-state index in [0.717, 1.165) is 36.8 Å².